The number of hydrogen-bond donors (Lipinski definition) is 1. The molecule has 0 saturated carbocycles. The van der Waals surface area contributed by atoms with Gasteiger partial charge in [-0.1, -0.05) is 12.1 Å². The summed E-state index contributed by atoms with van der Waals surface area (Å²) in [4.78, 5) is 35.3. The number of Topliss-reactive ketones (excluding diaryl/α,β-unsaturated/α-hetero) is 1. The van der Waals surface area contributed by atoms with Gasteiger partial charge in [-0.25, -0.2) is 0 Å². The fourth-order valence-corrected chi connectivity index (χ4v) is 3.16. The van der Waals surface area contributed by atoms with E-state index < -0.39 is 23.5 Å². The summed E-state index contributed by atoms with van der Waals surface area (Å²) in [5.74, 6) is -1.67. The Kier molecular flexibility index (Phi) is 4.25. The van der Waals surface area contributed by atoms with E-state index in [-0.39, 0.29) is 17.9 Å². The first-order valence-electron chi connectivity index (χ1n) is 8.28. The third-order valence-electron chi connectivity index (χ3n) is 4.37. The largest absolute Gasteiger partial charge is 0.503 e. The maximum atomic E-state index is 12.9. The number of rotatable bonds is 5. The van der Waals surface area contributed by atoms with Gasteiger partial charge in [-0.15, -0.1) is 0 Å². The Morgan fingerprint density at radius 1 is 1.11 bits per heavy atom. The van der Waals surface area contributed by atoms with Crippen LogP contribution in [0.15, 0.2) is 83.2 Å². The molecule has 7 heteroatoms. The first-order valence-corrected chi connectivity index (χ1v) is 8.28. The Balaban J connectivity index is 1.79. The van der Waals surface area contributed by atoms with Crippen molar-refractivity contribution in [3.63, 3.8) is 0 Å². The number of ketones is 1. The highest BCUT2D eigenvalue weighted by molar-refractivity contribution is 6.14. The summed E-state index contributed by atoms with van der Waals surface area (Å²) in [6, 6.07) is 9.36. The van der Waals surface area contributed by atoms with Gasteiger partial charge in [0.15, 0.2) is 11.5 Å². The lowest BCUT2D eigenvalue weighted by atomic mass is 9.96. The molecule has 0 radical (unpaired) electrons. The van der Waals surface area contributed by atoms with Crippen molar-refractivity contribution in [2.45, 2.75) is 12.6 Å². The van der Waals surface area contributed by atoms with Gasteiger partial charge in [0.25, 0.3) is 5.91 Å². The molecule has 1 atom stereocenters. The SMILES string of the molecule is O=C(C1=C(O)C(=O)N(Cc2cccnc2)[C@@H]1c1cccnc1)c1ccco1. The number of carbonyl (C=O) groups is 2. The van der Waals surface area contributed by atoms with Crippen molar-refractivity contribution in [2.75, 3.05) is 0 Å². The van der Waals surface area contributed by atoms with E-state index in [1.807, 2.05) is 6.07 Å². The molecule has 0 saturated heterocycles. The van der Waals surface area contributed by atoms with Crippen LogP contribution in [-0.2, 0) is 11.3 Å². The summed E-state index contributed by atoms with van der Waals surface area (Å²) in [5.41, 5.74) is 1.37. The van der Waals surface area contributed by atoms with Crippen LogP contribution in [0.3, 0.4) is 0 Å². The molecule has 3 aromatic heterocycles. The minimum Gasteiger partial charge on any atom is -0.503 e. The molecular formula is C20H15N3O4. The molecule has 0 unspecified atom stereocenters. The molecule has 1 amide bonds. The normalized spacial score (nSPS) is 16.8. The second kappa shape index (κ2) is 6.87. The quantitative estimate of drug-likeness (QED) is 0.702. The van der Waals surface area contributed by atoms with Gasteiger partial charge in [0.2, 0.25) is 5.78 Å². The van der Waals surface area contributed by atoms with E-state index in [1.165, 1.54) is 17.2 Å². The lowest BCUT2D eigenvalue weighted by molar-refractivity contribution is -0.130. The summed E-state index contributed by atoms with van der Waals surface area (Å²) in [7, 11) is 0. The Morgan fingerprint density at radius 3 is 2.52 bits per heavy atom. The second-order valence-corrected chi connectivity index (χ2v) is 6.05. The molecular weight excluding hydrogens is 346 g/mol. The fraction of sp³-hybridized carbons (Fsp3) is 0.100. The van der Waals surface area contributed by atoms with Crippen LogP contribution in [0.1, 0.15) is 27.7 Å². The predicted molar refractivity (Wildman–Crippen MR) is 94.5 cm³/mol. The van der Waals surface area contributed by atoms with Crippen LogP contribution >= 0.6 is 0 Å². The maximum Gasteiger partial charge on any atom is 0.290 e. The van der Waals surface area contributed by atoms with Crippen molar-refractivity contribution in [1.29, 1.82) is 0 Å². The van der Waals surface area contributed by atoms with Crippen molar-refractivity contribution in [2.24, 2.45) is 0 Å². The van der Waals surface area contributed by atoms with Gasteiger partial charge in [-0.05, 0) is 35.4 Å². The summed E-state index contributed by atoms with van der Waals surface area (Å²) >= 11 is 0. The third kappa shape index (κ3) is 2.99. The smallest absolute Gasteiger partial charge is 0.290 e. The average molecular weight is 361 g/mol. The van der Waals surface area contributed by atoms with Gasteiger partial charge in [0, 0.05) is 31.3 Å². The highest BCUT2D eigenvalue weighted by atomic mass is 16.3. The van der Waals surface area contributed by atoms with Gasteiger partial charge >= 0.3 is 0 Å². The van der Waals surface area contributed by atoms with Crippen molar-refractivity contribution >= 4 is 11.7 Å². The van der Waals surface area contributed by atoms with E-state index in [4.69, 9.17) is 4.42 Å². The molecule has 0 aliphatic carbocycles. The van der Waals surface area contributed by atoms with Crippen molar-refractivity contribution < 1.29 is 19.1 Å². The standard InChI is InChI=1S/C20H15N3O4/c24-18(15-6-3-9-27-15)16-17(14-5-2-8-22-11-14)23(20(26)19(16)25)12-13-4-1-7-21-10-13/h1-11,17,25H,12H2/t17-/m1/s1. The monoisotopic (exact) mass is 361 g/mol. The van der Waals surface area contributed by atoms with E-state index in [9.17, 15) is 14.7 Å². The van der Waals surface area contributed by atoms with E-state index >= 15 is 0 Å². The van der Waals surface area contributed by atoms with Crippen LogP contribution in [0.5, 0.6) is 0 Å². The lowest BCUT2D eigenvalue weighted by Gasteiger charge is -2.26. The topological polar surface area (TPSA) is 96.5 Å². The highest BCUT2D eigenvalue weighted by Gasteiger charge is 2.44. The van der Waals surface area contributed by atoms with Gasteiger partial charge in [0.1, 0.15) is 0 Å². The molecule has 0 aromatic carbocycles. The lowest BCUT2D eigenvalue weighted by Crippen LogP contribution is -2.30. The molecule has 1 N–H and O–H groups in total. The summed E-state index contributed by atoms with van der Waals surface area (Å²) in [6.45, 7) is 0.186. The third-order valence-corrected chi connectivity index (χ3v) is 4.37. The predicted octanol–water partition coefficient (Wildman–Crippen LogP) is 2.85. The first kappa shape index (κ1) is 16.7. The Hall–Kier alpha value is -3.74. The maximum absolute atomic E-state index is 12.9. The highest BCUT2D eigenvalue weighted by Crippen LogP contribution is 2.39. The van der Waals surface area contributed by atoms with E-state index in [0.717, 1.165) is 5.56 Å². The molecule has 1 aliphatic rings. The summed E-state index contributed by atoms with van der Waals surface area (Å²) in [6.07, 6.45) is 7.81. The van der Waals surface area contributed by atoms with Gasteiger partial charge < -0.3 is 14.4 Å². The Bertz CT molecular complexity index is 998. The number of amides is 1. The van der Waals surface area contributed by atoms with Crippen LogP contribution in [0.2, 0.25) is 0 Å². The van der Waals surface area contributed by atoms with Crippen LogP contribution < -0.4 is 0 Å². The van der Waals surface area contributed by atoms with Crippen LogP contribution in [0, 0.1) is 0 Å². The van der Waals surface area contributed by atoms with E-state index in [2.05, 4.69) is 9.97 Å². The molecule has 1 aliphatic heterocycles. The number of carbonyl (C=O) groups excluding carboxylic acids is 2. The average Bonchev–Trinajstić information content (AvgIpc) is 3.32. The number of aromatic nitrogens is 2. The van der Waals surface area contributed by atoms with Gasteiger partial charge in [0.05, 0.1) is 17.9 Å². The minimum absolute atomic E-state index is 0.0214. The molecule has 0 bridgehead atoms. The Morgan fingerprint density at radius 2 is 1.89 bits per heavy atom. The van der Waals surface area contributed by atoms with Crippen molar-refractivity contribution in [1.82, 2.24) is 14.9 Å². The van der Waals surface area contributed by atoms with Crippen LogP contribution in [0.25, 0.3) is 0 Å². The molecule has 4 heterocycles. The fourth-order valence-electron chi connectivity index (χ4n) is 3.16. The molecule has 4 rings (SSSR count). The molecule has 134 valence electrons. The van der Waals surface area contributed by atoms with Crippen molar-refractivity contribution in [3.8, 4) is 0 Å². The van der Waals surface area contributed by atoms with Gasteiger partial charge in [-0.3, -0.25) is 19.6 Å². The summed E-state index contributed by atoms with van der Waals surface area (Å²) in [5, 5.41) is 10.5. The minimum atomic E-state index is -0.774. The number of aliphatic hydroxyl groups is 1. The molecule has 3 aromatic rings. The number of nitrogens with zero attached hydrogens (tertiary/aromatic N) is 3. The first-order chi connectivity index (χ1) is 13.2. The van der Waals surface area contributed by atoms with Gasteiger partial charge in [-0.2, -0.15) is 0 Å². The zero-order valence-corrected chi connectivity index (χ0v) is 14.1. The number of furan rings is 1. The molecule has 0 fully saturated rings. The Labute approximate surface area is 154 Å². The van der Waals surface area contributed by atoms with Crippen LogP contribution in [0.4, 0.5) is 0 Å². The van der Waals surface area contributed by atoms with E-state index in [1.54, 1.807) is 49.1 Å². The molecule has 7 nitrogen and oxygen atoms in total. The summed E-state index contributed by atoms with van der Waals surface area (Å²) < 4.78 is 5.18. The van der Waals surface area contributed by atoms with Crippen molar-refractivity contribution in [3.05, 3.63) is 95.7 Å². The number of hydrogen-bond acceptors (Lipinski definition) is 6. The molecule has 0 spiro atoms. The van der Waals surface area contributed by atoms with E-state index in [0.29, 0.717) is 5.56 Å². The molecule has 27 heavy (non-hydrogen) atoms. The zero-order chi connectivity index (χ0) is 18.8. The number of pyridine rings is 2. The number of aliphatic hydroxyl groups excluding tert-OH is 1. The zero-order valence-electron chi connectivity index (χ0n) is 14.1. The van der Waals surface area contributed by atoms with Crippen LogP contribution in [-0.4, -0.2) is 31.7 Å². The second-order valence-electron chi connectivity index (χ2n) is 6.05.